The minimum absolute atomic E-state index is 0.170. The average Bonchev–Trinajstić information content (AvgIpc) is 2.73. The van der Waals surface area contributed by atoms with Gasteiger partial charge in [-0.05, 0) is 78.5 Å². The number of rotatable bonds is 7. The molecular weight excluding hydrogens is 454 g/mol. The summed E-state index contributed by atoms with van der Waals surface area (Å²) >= 11 is 5.60. The zero-order valence-electron chi connectivity index (χ0n) is 20.3. The second-order valence-electron chi connectivity index (χ2n) is 10.1. The average molecular weight is 492 g/mol. The topological polar surface area (TPSA) is 40.6 Å². The van der Waals surface area contributed by atoms with E-state index in [1.165, 1.54) is 5.56 Å². The van der Waals surface area contributed by atoms with Crippen LogP contribution in [0.4, 0.5) is 0 Å². The summed E-state index contributed by atoms with van der Waals surface area (Å²) in [5.74, 6) is 1.31. The lowest BCUT2D eigenvalue weighted by molar-refractivity contribution is -0.0349. The third-order valence-electron chi connectivity index (χ3n) is 6.93. The second kappa shape index (κ2) is 10.0. The molecule has 0 atom stereocenters. The van der Waals surface area contributed by atoms with Crippen LogP contribution in [-0.2, 0) is 21.4 Å². The number of hydrogen-bond acceptors (Lipinski definition) is 4. The van der Waals surface area contributed by atoms with Gasteiger partial charge in [0.15, 0.2) is 8.32 Å². The van der Waals surface area contributed by atoms with Gasteiger partial charge in [-0.3, -0.25) is 4.98 Å². The number of ether oxygens (including phenoxy) is 2. The van der Waals surface area contributed by atoms with Gasteiger partial charge in [0.05, 0.1) is 19.4 Å². The van der Waals surface area contributed by atoms with E-state index in [1.54, 1.807) is 7.11 Å². The lowest BCUT2D eigenvalue weighted by atomic mass is 9.65. The maximum atomic E-state index is 6.45. The Bertz CT molecular complexity index is 966. The van der Waals surface area contributed by atoms with Crippen molar-refractivity contribution < 1.29 is 13.9 Å². The van der Waals surface area contributed by atoms with Crippen LogP contribution in [0.5, 0.6) is 5.75 Å². The summed E-state index contributed by atoms with van der Waals surface area (Å²) in [5, 5.41) is 0.170. The molecule has 0 N–H and O–H groups in total. The van der Waals surface area contributed by atoms with Crippen LogP contribution < -0.4 is 4.74 Å². The third kappa shape index (κ3) is 5.68. The summed E-state index contributed by atoms with van der Waals surface area (Å²) in [6.07, 6.45) is 5.71. The van der Waals surface area contributed by atoms with E-state index in [9.17, 15) is 0 Å². The van der Waals surface area contributed by atoms with E-state index in [4.69, 9.17) is 13.9 Å². The molecule has 1 saturated carbocycles. The third-order valence-corrected chi connectivity index (χ3v) is 12.6. The first-order chi connectivity index (χ1) is 15.0. The second-order valence-corrected chi connectivity index (χ2v) is 16.5. The standard InChI is InChI=1S/C25H37NO3S2Si/c1-24(2,3)32(6,7)28-17-21-14-20(11-12-26-21)25(29-23(30)31-5)15-19(16-25)18-9-8-10-22(13-18)27-4/h8-14,19,30-31H,15-17H2,1-7H3. The monoisotopic (exact) mass is 491 g/mol. The molecular formula is C25H37NO3S2Si. The fraction of sp³-hybridized carbons (Fsp3) is 0.520. The number of hydrogen-bond donors (Lipinski definition) is 2. The Morgan fingerprint density at radius 2 is 1.94 bits per heavy atom. The Morgan fingerprint density at radius 3 is 2.56 bits per heavy atom. The minimum Gasteiger partial charge on any atom is -0.497 e. The van der Waals surface area contributed by atoms with Crippen molar-refractivity contribution in [2.75, 3.05) is 13.4 Å². The van der Waals surface area contributed by atoms with Crippen LogP contribution in [-0.4, -0.2) is 31.0 Å². The normalized spacial score (nSPS) is 22.1. The van der Waals surface area contributed by atoms with Crippen molar-refractivity contribution in [3.63, 3.8) is 0 Å². The summed E-state index contributed by atoms with van der Waals surface area (Å²) in [5.41, 5.74) is 3.00. The van der Waals surface area contributed by atoms with Gasteiger partial charge in [-0.25, -0.2) is 0 Å². The molecule has 0 aliphatic heterocycles. The predicted octanol–water partition coefficient (Wildman–Crippen LogP) is 6.51. The molecule has 1 heterocycles. The first-order valence-corrected chi connectivity index (χ1v) is 15.8. The van der Waals surface area contributed by atoms with Crippen molar-refractivity contribution in [2.24, 2.45) is 0 Å². The van der Waals surface area contributed by atoms with Crippen LogP contribution in [0, 0.1) is 0 Å². The SMILES string of the molecule is COc1cccc(C2CC(OC(S)=[SH]C)(c3ccnc(CO[Si](C)(C)C(C)(C)C)c3)C2)c1. The summed E-state index contributed by atoms with van der Waals surface area (Å²) in [6.45, 7) is 11.8. The molecule has 0 radical (unpaired) electrons. The highest BCUT2D eigenvalue weighted by molar-refractivity contribution is 8.17. The highest BCUT2D eigenvalue weighted by Gasteiger charge is 2.48. The van der Waals surface area contributed by atoms with Gasteiger partial charge in [-0.1, -0.05) is 32.9 Å². The molecule has 0 unspecified atom stereocenters. The van der Waals surface area contributed by atoms with Gasteiger partial charge in [0.25, 0.3) is 0 Å². The van der Waals surface area contributed by atoms with Gasteiger partial charge < -0.3 is 13.9 Å². The molecule has 1 fully saturated rings. The molecule has 0 bridgehead atoms. The molecule has 1 aromatic carbocycles. The van der Waals surface area contributed by atoms with Crippen molar-refractivity contribution in [3.8, 4) is 5.75 Å². The Hall–Kier alpha value is -1.12. The van der Waals surface area contributed by atoms with E-state index in [-0.39, 0.29) is 10.6 Å². The summed E-state index contributed by atoms with van der Waals surface area (Å²) < 4.78 is 19.0. The largest absolute Gasteiger partial charge is 0.497 e. The van der Waals surface area contributed by atoms with Crippen LogP contribution in [0.1, 0.15) is 56.4 Å². The van der Waals surface area contributed by atoms with Crippen LogP contribution in [0.15, 0.2) is 42.6 Å². The molecule has 7 heteroatoms. The first-order valence-electron chi connectivity index (χ1n) is 11.1. The minimum atomic E-state index is -1.84. The number of methoxy groups -OCH3 is 1. The van der Waals surface area contributed by atoms with Crippen LogP contribution in [0.2, 0.25) is 18.1 Å². The fourth-order valence-electron chi connectivity index (χ4n) is 3.78. The molecule has 1 aromatic heterocycles. The molecule has 1 aliphatic carbocycles. The highest BCUT2D eigenvalue weighted by atomic mass is 32.2. The lowest BCUT2D eigenvalue weighted by Crippen LogP contribution is -2.43. The molecule has 0 saturated heterocycles. The zero-order chi connectivity index (χ0) is 23.6. The fourth-order valence-corrected chi connectivity index (χ4v) is 5.16. The van der Waals surface area contributed by atoms with E-state index in [1.807, 2.05) is 18.5 Å². The van der Waals surface area contributed by atoms with E-state index in [0.717, 1.165) is 45.6 Å². The van der Waals surface area contributed by atoms with Crippen molar-refractivity contribution >= 4 is 36.7 Å². The summed E-state index contributed by atoms with van der Waals surface area (Å²) in [6, 6.07) is 12.6. The Labute approximate surface area is 203 Å². The maximum Gasteiger partial charge on any atom is 0.192 e. The number of thiol groups is 2. The molecule has 176 valence electrons. The van der Waals surface area contributed by atoms with Crippen molar-refractivity contribution in [2.45, 2.75) is 69.9 Å². The zero-order valence-corrected chi connectivity index (χ0v) is 23.1. The Morgan fingerprint density at radius 1 is 1.22 bits per heavy atom. The van der Waals surface area contributed by atoms with Crippen LogP contribution >= 0.6 is 24.0 Å². The molecule has 3 rings (SSSR count). The molecule has 0 spiro atoms. The predicted molar refractivity (Wildman–Crippen MR) is 143 cm³/mol. The molecule has 1 aliphatic rings. The summed E-state index contributed by atoms with van der Waals surface area (Å²) in [4.78, 5) is 4.59. The molecule has 32 heavy (non-hydrogen) atoms. The highest BCUT2D eigenvalue weighted by Crippen LogP contribution is 2.54. The Balaban J connectivity index is 1.82. The number of benzene rings is 1. The summed E-state index contributed by atoms with van der Waals surface area (Å²) in [7, 11) is -0.134. The lowest BCUT2D eigenvalue weighted by Gasteiger charge is -2.48. The molecule has 2 aromatic rings. The Kier molecular flexibility index (Phi) is 7.98. The smallest absolute Gasteiger partial charge is 0.192 e. The van der Waals surface area contributed by atoms with Gasteiger partial charge in [0, 0.05) is 6.20 Å². The van der Waals surface area contributed by atoms with E-state index in [0.29, 0.717) is 12.5 Å². The first kappa shape index (κ1) is 25.5. The van der Waals surface area contributed by atoms with Gasteiger partial charge in [0.1, 0.15) is 15.7 Å². The molecule has 4 nitrogen and oxygen atoms in total. The quantitative estimate of drug-likeness (QED) is 0.263. The van der Waals surface area contributed by atoms with Gasteiger partial charge >= 0.3 is 0 Å². The van der Waals surface area contributed by atoms with Gasteiger partial charge in [-0.15, -0.1) is 12.6 Å². The van der Waals surface area contributed by atoms with Crippen molar-refractivity contribution in [1.82, 2.24) is 4.98 Å². The number of aromatic nitrogens is 1. The van der Waals surface area contributed by atoms with Crippen LogP contribution in [0.3, 0.4) is 0 Å². The number of pyridine rings is 1. The number of nitrogens with zero attached hydrogens (tertiary/aromatic N) is 1. The maximum absolute atomic E-state index is 6.45. The van der Waals surface area contributed by atoms with Crippen molar-refractivity contribution in [1.29, 1.82) is 0 Å². The van der Waals surface area contributed by atoms with Crippen LogP contribution in [0.25, 0.3) is 0 Å². The van der Waals surface area contributed by atoms with Crippen molar-refractivity contribution in [3.05, 3.63) is 59.4 Å². The van der Waals surface area contributed by atoms with Gasteiger partial charge in [-0.2, -0.15) is 11.4 Å². The van der Waals surface area contributed by atoms with E-state index < -0.39 is 8.32 Å². The molecule has 0 amide bonds. The van der Waals surface area contributed by atoms with Gasteiger partial charge in [0.2, 0.25) is 0 Å². The van der Waals surface area contributed by atoms with E-state index >= 15 is 0 Å². The van der Waals surface area contributed by atoms with E-state index in [2.05, 4.69) is 81.8 Å².